The van der Waals surface area contributed by atoms with Crippen molar-refractivity contribution in [1.82, 2.24) is 4.58 Å². The van der Waals surface area contributed by atoms with Crippen molar-refractivity contribution in [3.05, 3.63) is 71.6 Å². The van der Waals surface area contributed by atoms with Gasteiger partial charge in [0.25, 0.3) is 0 Å². The predicted molar refractivity (Wildman–Crippen MR) is 263 cm³/mol. The van der Waals surface area contributed by atoms with Crippen LogP contribution in [-0.4, -0.2) is 147 Å². The van der Waals surface area contributed by atoms with Gasteiger partial charge in [0.15, 0.2) is 18.0 Å². The number of carbonyl (C=O) groups is 11. The maximum absolute atomic E-state index is 12.9. The second kappa shape index (κ2) is 27.2. The van der Waals surface area contributed by atoms with Crippen molar-refractivity contribution in [1.29, 1.82) is 0 Å². The van der Waals surface area contributed by atoms with Crippen LogP contribution in [0.3, 0.4) is 0 Å². The van der Waals surface area contributed by atoms with E-state index < -0.39 is 128 Å². The highest BCUT2D eigenvalue weighted by Gasteiger charge is 2.49. The number of carboxylic acid groups (broad SMARTS) is 1. The van der Waals surface area contributed by atoms with E-state index in [1.807, 2.05) is 0 Å². The molecule has 4 rings (SSSR count). The van der Waals surface area contributed by atoms with E-state index in [0.29, 0.717) is 16.5 Å². The van der Waals surface area contributed by atoms with Crippen molar-refractivity contribution in [2.45, 2.75) is 119 Å². The van der Waals surface area contributed by atoms with Gasteiger partial charge in [-0.05, 0) is 36.8 Å². The zero-order valence-electron chi connectivity index (χ0n) is 44.1. The van der Waals surface area contributed by atoms with Crippen LogP contribution in [0.25, 0.3) is 33.4 Å². The summed E-state index contributed by atoms with van der Waals surface area (Å²) in [6, 6.07) is 15.1. The minimum atomic E-state index is -1.91. The second-order valence-corrected chi connectivity index (χ2v) is 17.1. The van der Waals surface area contributed by atoms with Gasteiger partial charge in [0.1, 0.15) is 31.6 Å². The SMILES string of the molecule is CC(=O)COC(OC(C)=O)C(OC(C)=O)C(OC(C)=O)C(OC(C)=O)N(C)c1ccc2c(-c3ccccc3C(=O)O)c3cc/c(=[N+](/C)C(OC(C)=O)C(OC(C)=O)C(OC(C)=O)C(COC(C)=O)OC(C)=O)cc-3oc2c1. The monoisotopic (exact) mass is 1080 g/mol. The highest BCUT2D eigenvalue weighted by molar-refractivity contribution is 6.07. The number of anilines is 1. The number of ether oxygens (including phenoxy) is 10. The molecule has 1 N–H and O–H groups in total. The van der Waals surface area contributed by atoms with Crippen molar-refractivity contribution < 1.29 is 110 Å². The number of ketones is 1. The fourth-order valence-corrected chi connectivity index (χ4v) is 7.99. The molecule has 77 heavy (non-hydrogen) atoms. The molecule has 0 fully saturated rings. The number of hydrogen-bond donors (Lipinski definition) is 1. The van der Waals surface area contributed by atoms with Crippen LogP contribution in [0.4, 0.5) is 5.69 Å². The van der Waals surface area contributed by atoms with Crippen LogP contribution in [0, 0.1) is 0 Å². The lowest BCUT2D eigenvalue weighted by atomic mass is 9.90. The van der Waals surface area contributed by atoms with Crippen LogP contribution in [0.1, 0.15) is 79.6 Å². The maximum atomic E-state index is 12.9. The molecule has 0 saturated heterocycles. The lowest BCUT2D eigenvalue weighted by Gasteiger charge is -2.39. The van der Waals surface area contributed by atoms with E-state index in [2.05, 4.69) is 0 Å². The van der Waals surface area contributed by atoms with Crippen LogP contribution in [0.15, 0.2) is 65.1 Å². The van der Waals surface area contributed by atoms with Gasteiger partial charge in [-0.25, -0.2) is 4.79 Å². The molecule has 8 atom stereocenters. The van der Waals surface area contributed by atoms with Crippen molar-refractivity contribution in [2.75, 3.05) is 32.2 Å². The van der Waals surface area contributed by atoms with Crippen molar-refractivity contribution in [2.24, 2.45) is 0 Å². The Balaban J connectivity index is 2.13. The Bertz CT molecular complexity index is 2960. The third-order valence-corrected chi connectivity index (χ3v) is 10.8. The zero-order valence-corrected chi connectivity index (χ0v) is 44.1. The largest absolute Gasteiger partial charge is 0.478 e. The average molecular weight is 1080 g/mol. The normalized spacial score (nSPS) is 14.5. The van der Waals surface area contributed by atoms with Crippen LogP contribution in [0.5, 0.6) is 0 Å². The Morgan fingerprint density at radius 3 is 1.66 bits per heavy atom. The Labute approximate surface area is 440 Å². The number of likely N-dealkylation sites (N-methyl/N-ethyl adjacent to an activating group) is 2. The first kappa shape index (κ1) is 60.8. The first-order valence-corrected chi connectivity index (χ1v) is 23.3. The lowest BCUT2D eigenvalue weighted by molar-refractivity contribution is -0.238. The van der Waals surface area contributed by atoms with E-state index in [0.717, 1.165) is 69.2 Å². The fraction of sp³-hybridized carbons (Fsp3) is 0.423. The highest BCUT2D eigenvalue weighted by Crippen LogP contribution is 2.42. The lowest BCUT2D eigenvalue weighted by Crippen LogP contribution is -2.58. The molecular weight excluding hydrogens is 1020 g/mol. The summed E-state index contributed by atoms with van der Waals surface area (Å²) in [4.78, 5) is 139. The third kappa shape index (κ3) is 16.9. The molecular formula is C52H59N2O23+. The number of nitrogens with zero attached hydrogens (tertiary/aromatic N) is 2. The van der Waals surface area contributed by atoms with Gasteiger partial charge in [-0.1, -0.05) is 18.2 Å². The molecule has 2 aromatic rings. The number of hydrogen-bond acceptors (Lipinski definition) is 23. The molecule has 2 aromatic carbocycles. The Hall–Kier alpha value is -8.74. The highest BCUT2D eigenvalue weighted by atomic mass is 16.7. The summed E-state index contributed by atoms with van der Waals surface area (Å²) >= 11 is 0. The average Bonchev–Trinajstić information content (AvgIpc) is 3.34. The number of carbonyl (C=O) groups excluding carboxylic acids is 10. The second-order valence-electron chi connectivity index (χ2n) is 17.1. The summed E-state index contributed by atoms with van der Waals surface area (Å²) in [6.45, 7) is 8.93. The summed E-state index contributed by atoms with van der Waals surface area (Å²) in [5.41, 5.74) is 0.891. The Kier molecular flexibility index (Phi) is 21.5. The first-order chi connectivity index (χ1) is 36.1. The number of fused-ring (bicyclic) bond motifs is 2. The van der Waals surface area contributed by atoms with Gasteiger partial charge in [0.2, 0.25) is 36.2 Å². The van der Waals surface area contributed by atoms with Crippen LogP contribution in [0.2, 0.25) is 0 Å². The number of esters is 9. The quantitative estimate of drug-likeness (QED) is 0.0346. The van der Waals surface area contributed by atoms with E-state index in [-0.39, 0.29) is 33.5 Å². The number of rotatable bonds is 24. The first-order valence-electron chi connectivity index (χ1n) is 23.3. The number of benzene rings is 3. The number of Topliss-reactive ketones (excluding diaryl/α,β-unsaturated/α-hetero) is 1. The van der Waals surface area contributed by atoms with E-state index in [4.69, 9.17) is 51.8 Å². The molecule has 414 valence electrons. The smallest absolute Gasteiger partial charge is 0.341 e. The number of aromatic carboxylic acids is 1. The van der Waals surface area contributed by atoms with Crippen LogP contribution in [-0.2, 0) is 95.3 Å². The summed E-state index contributed by atoms with van der Waals surface area (Å²) in [5.74, 6) is -10.3. The minimum Gasteiger partial charge on any atom is -0.478 e. The molecule has 0 amide bonds. The standard InChI is InChI=1S/C52H58N2O23/c1-25(55)23-68-52(76-34(10)64)48(73-31(7)61)47(72-30(6)60)50(75-33(9)63)54(12)36-18-20-40-42(22-36)77-41-21-35(17-19-39(41)44(40)37-15-13-14-16-38(37)51(65)66)53(11)49(74-32(8)62)46(71-29(5)59)45(70-28(4)58)43(69-27(3)57)24-67-26(2)56/h13-22,43,45-50,52H,23-24H2,1-12H3/p+1. The van der Waals surface area contributed by atoms with Crippen molar-refractivity contribution in [3.8, 4) is 22.5 Å². The Morgan fingerprint density at radius 2 is 1.12 bits per heavy atom. The summed E-state index contributed by atoms with van der Waals surface area (Å²) in [7, 11) is 2.78. The van der Waals surface area contributed by atoms with E-state index in [1.54, 1.807) is 24.3 Å². The maximum Gasteiger partial charge on any atom is 0.341 e. The minimum absolute atomic E-state index is 0.0283. The van der Waals surface area contributed by atoms with Gasteiger partial charge in [0, 0.05) is 104 Å². The van der Waals surface area contributed by atoms with E-state index in [9.17, 15) is 57.8 Å². The molecule has 0 spiro atoms. The van der Waals surface area contributed by atoms with Gasteiger partial charge in [-0.2, -0.15) is 4.58 Å². The topological polar surface area (TPSA) is 320 Å². The molecule has 0 radical (unpaired) electrons. The van der Waals surface area contributed by atoms with Gasteiger partial charge in [-0.15, -0.1) is 0 Å². The fourth-order valence-electron chi connectivity index (χ4n) is 7.99. The van der Waals surface area contributed by atoms with Gasteiger partial charge in [0.05, 0.1) is 11.6 Å². The van der Waals surface area contributed by atoms with E-state index in [1.165, 1.54) is 60.0 Å². The molecule has 8 unspecified atom stereocenters. The third-order valence-electron chi connectivity index (χ3n) is 10.8. The molecule has 25 nitrogen and oxygen atoms in total. The van der Waals surface area contributed by atoms with Gasteiger partial charge in [-0.3, -0.25) is 47.9 Å². The zero-order chi connectivity index (χ0) is 57.6. The summed E-state index contributed by atoms with van der Waals surface area (Å²) in [6.07, 6.45) is -14.4. The molecule has 0 bridgehead atoms. The van der Waals surface area contributed by atoms with Gasteiger partial charge >= 0.3 is 65.9 Å². The molecule has 0 saturated carbocycles. The van der Waals surface area contributed by atoms with Crippen LogP contribution < -0.4 is 14.8 Å². The molecule has 0 aromatic heterocycles. The summed E-state index contributed by atoms with van der Waals surface area (Å²) < 4.78 is 63.1. The molecule has 1 aliphatic carbocycles. The predicted octanol–water partition coefficient (Wildman–Crippen LogP) is 3.24. The Morgan fingerprint density at radius 1 is 0.571 bits per heavy atom. The number of carboxylic acids is 1. The molecule has 1 heterocycles. The van der Waals surface area contributed by atoms with Crippen LogP contribution >= 0.6 is 0 Å². The van der Waals surface area contributed by atoms with Crippen molar-refractivity contribution in [3.63, 3.8) is 0 Å². The van der Waals surface area contributed by atoms with Gasteiger partial charge < -0.3 is 61.8 Å². The molecule has 25 heteroatoms. The molecule has 1 aliphatic heterocycles. The van der Waals surface area contributed by atoms with E-state index >= 15 is 0 Å². The summed E-state index contributed by atoms with van der Waals surface area (Å²) in [5, 5.41) is 10.9. The molecule has 2 aliphatic rings. The van der Waals surface area contributed by atoms with Crippen molar-refractivity contribution >= 4 is 82.1 Å².